The summed E-state index contributed by atoms with van der Waals surface area (Å²) in [5.41, 5.74) is 6.22. The van der Waals surface area contributed by atoms with Gasteiger partial charge < -0.3 is 26.0 Å². The molecule has 8 nitrogen and oxygen atoms in total. The van der Waals surface area contributed by atoms with Crippen LogP contribution in [-0.2, 0) is 18.9 Å². The van der Waals surface area contributed by atoms with Gasteiger partial charge in [-0.2, -0.15) is 0 Å². The zero-order chi connectivity index (χ0) is 18.8. The van der Waals surface area contributed by atoms with Gasteiger partial charge in [0.05, 0.1) is 16.0 Å². The molecule has 0 bridgehead atoms. The molecule has 0 aromatic heterocycles. The molecule has 25 heavy (non-hydrogen) atoms. The lowest BCUT2D eigenvalue weighted by Gasteiger charge is -2.19. The van der Waals surface area contributed by atoms with Crippen LogP contribution >= 0.6 is 9.47 Å². The molecule has 3 unspecified atom stereocenters. The van der Waals surface area contributed by atoms with Gasteiger partial charge in [0.25, 0.3) is 5.91 Å². The van der Waals surface area contributed by atoms with Crippen molar-refractivity contribution in [2.45, 2.75) is 38.0 Å². The van der Waals surface area contributed by atoms with E-state index >= 15 is 0 Å². The average molecular weight is 369 g/mol. The molecular weight excluding hydrogens is 345 g/mol. The van der Waals surface area contributed by atoms with Gasteiger partial charge in [0.2, 0.25) is 5.91 Å². The molecule has 0 aliphatic rings. The van der Waals surface area contributed by atoms with E-state index in [0.29, 0.717) is 12.0 Å². The summed E-state index contributed by atoms with van der Waals surface area (Å²) in [4.78, 5) is 35.7. The quantitative estimate of drug-likeness (QED) is 0.445. The van der Waals surface area contributed by atoms with Crippen LogP contribution in [0.15, 0.2) is 30.3 Å². The average Bonchev–Trinajstić information content (AvgIpc) is 2.63. The van der Waals surface area contributed by atoms with Crippen LogP contribution in [0.2, 0.25) is 0 Å². The number of hydrogen-bond donors (Lipinski definition) is 4. The molecule has 0 radical (unpaired) electrons. The Balaban J connectivity index is 2.61. The van der Waals surface area contributed by atoms with Gasteiger partial charge in [-0.15, -0.1) is 0 Å². The Kier molecular flexibility index (Phi) is 9.05. The summed E-state index contributed by atoms with van der Waals surface area (Å²) < 4.78 is 4.61. The van der Waals surface area contributed by atoms with Crippen molar-refractivity contribution in [3.8, 4) is 0 Å². The van der Waals surface area contributed by atoms with Gasteiger partial charge in [-0.05, 0) is 12.0 Å². The minimum atomic E-state index is -1.39. The predicted molar refractivity (Wildman–Crippen MR) is 95.0 cm³/mol. The maximum absolute atomic E-state index is 12.0. The number of amides is 2. The molecule has 0 heterocycles. The summed E-state index contributed by atoms with van der Waals surface area (Å²) in [5, 5.41) is 14.5. The summed E-state index contributed by atoms with van der Waals surface area (Å²) in [6.45, 7) is 1.48. The molecule has 1 rings (SSSR count). The van der Waals surface area contributed by atoms with Crippen LogP contribution in [-0.4, -0.2) is 41.6 Å². The number of carbonyl (C=O) groups excluding carboxylic acids is 3. The first-order valence-corrected chi connectivity index (χ1v) is 8.34. The minimum Gasteiger partial charge on any atom is -0.450 e. The summed E-state index contributed by atoms with van der Waals surface area (Å²) in [6.07, 6.45) is -0.187. The number of aliphatic hydroxyl groups excluding tert-OH is 1. The molecule has 2 amide bonds. The third-order valence-corrected chi connectivity index (χ3v) is 3.74. The van der Waals surface area contributed by atoms with E-state index < -0.39 is 42.5 Å². The van der Waals surface area contributed by atoms with Crippen LogP contribution in [0.4, 0.5) is 0 Å². The molecule has 5 N–H and O–H groups in total. The standard InChI is InChI=1S/C16H24N3O5P/c1-2-6-11(17)14(21)15(22)18-9-12(20)19-13(16(23)24-25)10-7-4-3-5-8-10/h3-5,7-8,11,13-14,21H,2,6,9,17,25H2,1H3,(H,18,22)(H,19,20)/t11?,13-,14?/m0/s1. The molecule has 9 heteroatoms. The number of carbonyl (C=O) groups is 3. The van der Waals surface area contributed by atoms with Gasteiger partial charge >= 0.3 is 5.97 Å². The van der Waals surface area contributed by atoms with E-state index in [1.807, 2.05) is 16.4 Å². The summed E-state index contributed by atoms with van der Waals surface area (Å²) in [6, 6.07) is 6.84. The smallest absolute Gasteiger partial charge is 0.335 e. The Morgan fingerprint density at radius 2 is 1.92 bits per heavy atom. The second kappa shape index (κ2) is 10.8. The fourth-order valence-corrected chi connectivity index (χ4v) is 2.30. The lowest BCUT2D eigenvalue weighted by Crippen LogP contribution is -2.49. The topological polar surface area (TPSA) is 131 Å². The van der Waals surface area contributed by atoms with Crippen LogP contribution in [0.25, 0.3) is 0 Å². The number of aliphatic hydroxyl groups is 1. The second-order valence-electron chi connectivity index (χ2n) is 5.46. The molecule has 4 atom stereocenters. The second-order valence-corrected chi connectivity index (χ2v) is 5.70. The fourth-order valence-electron chi connectivity index (χ4n) is 2.16. The van der Waals surface area contributed by atoms with Crippen molar-refractivity contribution >= 4 is 27.3 Å². The van der Waals surface area contributed by atoms with E-state index in [1.54, 1.807) is 30.3 Å². The van der Waals surface area contributed by atoms with Gasteiger partial charge in [-0.3, -0.25) is 9.59 Å². The Hall–Kier alpha value is -2.02. The first kappa shape index (κ1) is 21.0. The van der Waals surface area contributed by atoms with Crippen LogP contribution in [0, 0.1) is 0 Å². The number of benzene rings is 1. The molecule has 0 spiro atoms. The molecule has 0 aliphatic heterocycles. The lowest BCUT2D eigenvalue weighted by molar-refractivity contribution is -0.138. The number of nitrogens with one attached hydrogen (secondary N) is 2. The van der Waals surface area contributed by atoms with Crippen molar-refractivity contribution in [2.24, 2.45) is 5.73 Å². The van der Waals surface area contributed by atoms with Crippen LogP contribution in [0.3, 0.4) is 0 Å². The molecule has 0 saturated heterocycles. The van der Waals surface area contributed by atoms with E-state index in [0.717, 1.165) is 6.42 Å². The Bertz CT molecular complexity index is 584. The number of hydrogen-bond acceptors (Lipinski definition) is 6. The molecule has 138 valence electrons. The van der Waals surface area contributed by atoms with Gasteiger partial charge in [0, 0.05) is 6.04 Å². The van der Waals surface area contributed by atoms with E-state index in [1.165, 1.54) is 0 Å². The largest absolute Gasteiger partial charge is 0.450 e. The molecule has 1 aromatic carbocycles. The highest BCUT2D eigenvalue weighted by atomic mass is 31.0. The number of rotatable bonds is 9. The highest BCUT2D eigenvalue weighted by Crippen LogP contribution is 2.15. The maximum atomic E-state index is 12.0. The van der Waals surface area contributed by atoms with Gasteiger partial charge in [0.1, 0.15) is 6.10 Å². The van der Waals surface area contributed by atoms with Crippen molar-refractivity contribution in [1.29, 1.82) is 0 Å². The molecule has 0 aliphatic carbocycles. The highest BCUT2D eigenvalue weighted by Gasteiger charge is 2.25. The third-order valence-electron chi connectivity index (χ3n) is 3.51. The van der Waals surface area contributed by atoms with Crippen molar-refractivity contribution in [1.82, 2.24) is 10.6 Å². The maximum Gasteiger partial charge on any atom is 0.335 e. The van der Waals surface area contributed by atoms with E-state index in [2.05, 4.69) is 15.2 Å². The Morgan fingerprint density at radius 3 is 2.48 bits per heavy atom. The van der Waals surface area contributed by atoms with E-state index in [4.69, 9.17) is 5.73 Å². The van der Waals surface area contributed by atoms with Crippen LogP contribution in [0.1, 0.15) is 31.4 Å². The zero-order valence-electron chi connectivity index (χ0n) is 14.0. The normalized spacial score (nSPS) is 14.1. The fraction of sp³-hybridized carbons (Fsp3) is 0.438. The summed E-state index contributed by atoms with van der Waals surface area (Å²) in [5.74, 6) is -2.00. The summed E-state index contributed by atoms with van der Waals surface area (Å²) in [7, 11) is 1.83. The number of nitrogens with two attached hydrogens (primary N) is 1. The monoisotopic (exact) mass is 369 g/mol. The van der Waals surface area contributed by atoms with Crippen molar-refractivity contribution in [3.05, 3.63) is 35.9 Å². The minimum absolute atomic E-state index is 0.401. The third kappa shape index (κ3) is 6.78. The zero-order valence-corrected chi connectivity index (χ0v) is 15.1. The van der Waals surface area contributed by atoms with Crippen LogP contribution in [0.5, 0.6) is 0 Å². The van der Waals surface area contributed by atoms with Gasteiger partial charge in [-0.1, -0.05) is 43.7 Å². The molecule has 0 fully saturated rings. The van der Waals surface area contributed by atoms with E-state index in [-0.39, 0.29) is 0 Å². The van der Waals surface area contributed by atoms with Crippen LogP contribution < -0.4 is 16.4 Å². The Labute approximate surface area is 148 Å². The van der Waals surface area contributed by atoms with Crippen molar-refractivity contribution in [3.63, 3.8) is 0 Å². The highest BCUT2D eigenvalue weighted by molar-refractivity contribution is 7.10. The molecular formula is C16H24N3O5P. The molecule has 0 saturated carbocycles. The van der Waals surface area contributed by atoms with Crippen molar-refractivity contribution < 1.29 is 24.0 Å². The SMILES string of the molecule is CCCC(N)C(O)C(=O)NCC(=O)N[C@H](C(=O)OP)c1ccccc1. The first-order valence-electron chi connectivity index (χ1n) is 7.86. The predicted octanol–water partition coefficient (Wildman–Crippen LogP) is -0.218. The Morgan fingerprint density at radius 1 is 1.28 bits per heavy atom. The van der Waals surface area contributed by atoms with Crippen molar-refractivity contribution in [2.75, 3.05) is 6.54 Å². The first-order chi connectivity index (χ1) is 11.9. The lowest BCUT2D eigenvalue weighted by atomic mass is 10.1. The summed E-state index contributed by atoms with van der Waals surface area (Å²) >= 11 is 0. The van der Waals surface area contributed by atoms with Gasteiger partial charge in [-0.25, -0.2) is 4.79 Å². The van der Waals surface area contributed by atoms with Gasteiger partial charge in [0.15, 0.2) is 6.04 Å². The van der Waals surface area contributed by atoms with E-state index in [9.17, 15) is 19.5 Å². The molecule has 1 aromatic rings.